The Labute approximate surface area is 133 Å². The molecule has 4 heteroatoms. The number of unbranched alkanes of at least 4 members (excludes halogenated alkanes) is 2. The summed E-state index contributed by atoms with van der Waals surface area (Å²) in [5.74, 6) is 0.129. The Morgan fingerprint density at radius 2 is 1.91 bits per heavy atom. The smallest absolute Gasteiger partial charge is 0.306 e. The first-order valence-corrected chi connectivity index (χ1v) is 8.36. The number of carboxylic acid groups (broad SMARTS) is 1. The van der Waals surface area contributed by atoms with Gasteiger partial charge in [-0.15, -0.1) is 0 Å². The van der Waals surface area contributed by atoms with E-state index in [2.05, 4.69) is 24.0 Å². The first-order valence-electron chi connectivity index (χ1n) is 8.36. The van der Waals surface area contributed by atoms with Gasteiger partial charge in [0.1, 0.15) is 5.75 Å². The number of ether oxygens (including phenoxy) is 1. The molecular formula is C18H27NO3. The number of hydrogen-bond donors (Lipinski definition) is 1. The van der Waals surface area contributed by atoms with Gasteiger partial charge in [-0.2, -0.15) is 0 Å². The summed E-state index contributed by atoms with van der Waals surface area (Å²) in [7, 11) is 0. The van der Waals surface area contributed by atoms with Crippen LogP contribution in [0.15, 0.2) is 24.3 Å². The summed E-state index contributed by atoms with van der Waals surface area (Å²) in [5.41, 5.74) is 1.26. The molecule has 0 saturated carbocycles. The van der Waals surface area contributed by atoms with E-state index in [1.807, 2.05) is 12.1 Å². The molecule has 0 aromatic heterocycles. The first kappa shape index (κ1) is 16.8. The zero-order valence-electron chi connectivity index (χ0n) is 13.5. The summed E-state index contributed by atoms with van der Waals surface area (Å²) in [6.07, 6.45) is 5.05. The highest BCUT2D eigenvalue weighted by molar-refractivity contribution is 5.70. The number of rotatable bonds is 8. The number of nitrogens with zero attached hydrogens (tertiary/aromatic N) is 1. The summed E-state index contributed by atoms with van der Waals surface area (Å²) >= 11 is 0. The molecule has 1 aliphatic rings. The molecular weight excluding hydrogens is 278 g/mol. The van der Waals surface area contributed by atoms with Gasteiger partial charge in [0.25, 0.3) is 0 Å². The monoisotopic (exact) mass is 305 g/mol. The highest BCUT2D eigenvalue weighted by Crippen LogP contribution is 2.20. The van der Waals surface area contributed by atoms with Crippen LogP contribution in [0.3, 0.4) is 0 Å². The third kappa shape index (κ3) is 5.34. The second-order valence-electron chi connectivity index (χ2n) is 6.09. The van der Waals surface area contributed by atoms with E-state index in [4.69, 9.17) is 9.84 Å². The predicted molar refractivity (Wildman–Crippen MR) is 87.1 cm³/mol. The number of carbonyl (C=O) groups is 1. The second kappa shape index (κ2) is 8.79. The molecule has 0 aliphatic carbocycles. The van der Waals surface area contributed by atoms with Gasteiger partial charge in [-0.05, 0) is 50.0 Å². The van der Waals surface area contributed by atoms with Gasteiger partial charge in [0.05, 0.1) is 12.5 Å². The number of benzene rings is 1. The fourth-order valence-corrected chi connectivity index (χ4v) is 2.83. The highest BCUT2D eigenvalue weighted by atomic mass is 16.5. The van der Waals surface area contributed by atoms with Crippen molar-refractivity contribution in [1.82, 2.24) is 4.90 Å². The van der Waals surface area contributed by atoms with Crippen LogP contribution in [0.5, 0.6) is 5.75 Å². The number of aliphatic carboxylic acids is 1. The van der Waals surface area contributed by atoms with Crippen LogP contribution in [0.1, 0.15) is 44.6 Å². The van der Waals surface area contributed by atoms with Crippen LogP contribution in [0.2, 0.25) is 0 Å². The van der Waals surface area contributed by atoms with Gasteiger partial charge in [0.15, 0.2) is 0 Å². The molecule has 0 radical (unpaired) electrons. The number of piperidine rings is 1. The van der Waals surface area contributed by atoms with E-state index >= 15 is 0 Å². The first-order chi connectivity index (χ1) is 10.7. The average Bonchev–Trinajstić information content (AvgIpc) is 2.54. The third-order valence-electron chi connectivity index (χ3n) is 4.28. The summed E-state index contributed by atoms with van der Waals surface area (Å²) < 4.78 is 5.71. The minimum atomic E-state index is -0.649. The Morgan fingerprint density at radius 1 is 1.23 bits per heavy atom. The highest BCUT2D eigenvalue weighted by Gasteiger charge is 2.24. The molecule has 0 spiro atoms. The zero-order valence-corrected chi connectivity index (χ0v) is 13.5. The van der Waals surface area contributed by atoms with Crippen molar-refractivity contribution in [2.45, 2.75) is 45.6 Å². The van der Waals surface area contributed by atoms with E-state index in [-0.39, 0.29) is 5.92 Å². The van der Waals surface area contributed by atoms with Gasteiger partial charge in [-0.1, -0.05) is 31.9 Å². The van der Waals surface area contributed by atoms with Gasteiger partial charge < -0.3 is 9.84 Å². The largest absolute Gasteiger partial charge is 0.494 e. The number of carboxylic acids is 1. The van der Waals surface area contributed by atoms with Crippen molar-refractivity contribution in [3.63, 3.8) is 0 Å². The van der Waals surface area contributed by atoms with Crippen molar-refractivity contribution in [2.24, 2.45) is 5.92 Å². The van der Waals surface area contributed by atoms with Crippen molar-refractivity contribution in [3.8, 4) is 5.75 Å². The lowest BCUT2D eigenvalue weighted by Crippen LogP contribution is -2.35. The molecule has 122 valence electrons. The maximum Gasteiger partial charge on any atom is 0.306 e. The molecule has 1 N–H and O–H groups in total. The molecule has 1 heterocycles. The van der Waals surface area contributed by atoms with E-state index in [0.717, 1.165) is 51.3 Å². The number of hydrogen-bond acceptors (Lipinski definition) is 3. The predicted octanol–water partition coefficient (Wildman–Crippen LogP) is 3.55. The average molecular weight is 305 g/mol. The van der Waals surface area contributed by atoms with Crippen LogP contribution in [0.25, 0.3) is 0 Å². The standard InChI is InChI=1S/C18H27NO3/c1-2-3-4-13-22-17-7-5-15(6-8-17)14-19-11-9-16(10-12-19)18(20)21/h5-8,16H,2-4,9-14H2,1H3,(H,20,21). The fourth-order valence-electron chi connectivity index (χ4n) is 2.83. The van der Waals surface area contributed by atoms with Crippen LogP contribution in [-0.4, -0.2) is 35.7 Å². The maximum absolute atomic E-state index is 11.0. The normalized spacial score (nSPS) is 16.6. The zero-order chi connectivity index (χ0) is 15.8. The molecule has 0 amide bonds. The van der Waals surface area contributed by atoms with Gasteiger partial charge in [0.2, 0.25) is 0 Å². The quantitative estimate of drug-likeness (QED) is 0.746. The van der Waals surface area contributed by atoms with Crippen LogP contribution < -0.4 is 4.74 Å². The minimum absolute atomic E-state index is 0.157. The molecule has 4 nitrogen and oxygen atoms in total. The molecule has 22 heavy (non-hydrogen) atoms. The van der Waals surface area contributed by atoms with Crippen LogP contribution in [-0.2, 0) is 11.3 Å². The second-order valence-corrected chi connectivity index (χ2v) is 6.09. The van der Waals surface area contributed by atoms with Crippen molar-refractivity contribution < 1.29 is 14.6 Å². The Kier molecular flexibility index (Phi) is 6.72. The summed E-state index contributed by atoms with van der Waals surface area (Å²) in [5, 5.41) is 9.02. The van der Waals surface area contributed by atoms with Crippen molar-refractivity contribution in [3.05, 3.63) is 29.8 Å². The molecule has 0 unspecified atom stereocenters. The van der Waals surface area contributed by atoms with E-state index in [1.54, 1.807) is 0 Å². The van der Waals surface area contributed by atoms with Crippen molar-refractivity contribution in [1.29, 1.82) is 0 Å². The molecule has 1 saturated heterocycles. The van der Waals surface area contributed by atoms with Crippen LogP contribution >= 0.6 is 0 Å². The third-order valence-corrected chi connectivity index (χ3v) is 4.28. The molecule has 1 aromatic rings. The Balaban J connectivity index is 1.73. The fraction of sp³-hybridized carbons (Fsp3) is 0.611. The summed E-state index contributed by atoms with van der Waals surface area (Å²) in [6.45, 7) is 5.60. The van der Waals surface area contributed by atoms with Gasteiger partial charge in [-0.25, -0.2) is 0 Å². The van der Waals surface area contributed by atoms with Gasteiger partial charge >= 0.3 is 5.97 Å². The molecule has 1 aliphatic heterocycles. The lowest BCUT2D eigenvalue weighted by Gasteiger charge is -2.30. The van der Waals surface area contributed by atoms with Gasteiger partial charge in [-0.3, -0.25) is 9.69 Å². The molecule has 1 aromatic carbocycles. The van der Waals surface area contributed by atoms with E-state index < -0.39 is 5.97 Å². The van der Waals surface area contributed by atoms with E-state index in [0.29, 0.717) is 0 Å². The number of likely N-dealkylation sites (tertiary alicyclic amines) is 1. The lowest BCUT2D eigenvalue weighted by atomic mass is 9.97. The molecule has 0 atom stereocenters. The molecule has 2 rings (SSSR count). The van der Waals surface area contributed by atoms with Crippen molar-refractivity contribution in [2.75, 3.05) is 19.7 Å². The Hall–Kier alpha value is -1.55. The van der Waals surface area contributed by atoms with E-state index in [1.165, 1.54) is 18.4 Å². The topological polar surface area (TPSA) is 49.8 Å². The van der Waals surface area contributed by atoms with Gasteiger partial charge in [0, 0.05) is 6.54 Å². The SMILES string of the molecule is CCCCCOc1ccc(CN2CCC(C(=O)O)CC2)cc1. The molecule has 0 bridgehead atoms. The summed E-state index contributed by atoms with van der Waals surface area (Å²) in [6, 6.07) is 8.29. The lowest BCUT2D eigenvalue weighted by molar-refractivity contribution is -0.143. The van der Waals surface area contributed by atoms with E-state index in [9.17, 15) is 4.79 Å². The molecule has 1 fully saturated rings. The summed E-state index contributed by atoms with van der Waals surface area (Å²) in [4.78, 5) is 13.3. The van der Waals surface area contributed by atoms with Crippen molar-refractivity contribution >= 4 is 5.97 Å². The van der Waals surface area contributed by atoms with Crippen LogP contribution in [0.4, 0.5) is 0 Å². The van der Waals surface area contributed by atoms with Crippen LogP contribution in [0, 0.1) is 5.92 Å². The Morgan fingerprint density at radius 3 is 2.50 bits per heavy atom. The maximum atomic E-state index is 11.0. The Bertz CT molecular complexity index is 450. The minimum Gasteiger partial charge on any atom is -0.494 e.